The van der Waals surface area contributed by atoms with Crippen LogP contribution in [0.15, 0.2) is 36.4 Å². The molecule has 0 spiro atoms. The van der Waals surface area contributed by atoms with Crippen molar-refractivity contribution in [2.45, 2.75) is 6.92 Å². The fourth-order valence-electron chi connectivity index (χ4n) is 1.61. The van der Waals surface area contributed by atoms with Crippen molar-refractivity contribution in [2.24, 2.45) is 0 Å². The average molecular weight is 265 g/mol. The van der Waals surface area contributed by atoms with Crippen molar-refractivity contribution in [2.75, 3.05) is 5.75 Å². The van der Waals surface area contributed by atoms with Crippen LogP contribution in [0, 0.1) is 6.92 Å². The molecule has 4 heteroatoms. The molecule has 0 aliphatic carbocycles. The van der Waals surface area contributed by atoms with Crippen LogP contribution in [0.3, 0.4) is 0 Å². The van der Waals surface area contributed by atoms with E-state index in [9.17, 15) is 0 Å². The van der Waals surface area contributed by atoms with E-state index in [0.717, 1.165) is 16.9 Å². The molecule has 1 heterocycles. The SMILES string of the molecule is Cc1nn(-c2ccccc2)c(Cl)c1C=CCS. The zero-order chi connectivity index (χ0) is 12.3. The van der Waals surface area contributed by atoms with Crippen molar-refractivity contribution >= 4 is 30.3 Å². The van der Waals surface area contributed by atoms with Crippen molar-refractivity contribution in [1.29, 1.82) is 0 Å². The van der Waals surface area contributed by atoms with Gasteiger partial charge < -0.3 is 0 Å². The summed E-state index contributed by atoms with van der Waals surface area (Å²) in [6.45, 7) is 1.95. The lowest BCUT2D eigenvalue weighted by molar-refractivity contribution is 0.863. The first-order valence-corrected chi connectivity index (χ1v) is 6.33. The summed E-state index contributed by atoms with van der Waals surface area (Å²) in [4.78, 5) is 0. The highest BCUT2D eigenvalue weighted by Crippen LogP contribution is 2.24. The summed E-state index contributed by atoms with van der Waals surface area (Å²) in [5.74, 6) is 0.687. The topological polar surface area (TPSA) is 17.8 Å². The molecule has 2 rings (SSSR count). The highest BCUT2D eigenvalue weighted by molar-refractivity contribution is 7.80. The van der Waals surface area contributed by atoms with Crippen LogP contribution in [0.1, 0.15) is 11.3 Å². The molecule has 0 atom stereocenters. The second-order valence-corrected chi connectivity index (χ2v) is 4.35. The number of hydrogen-bond acceptors (Lipinski definition) is 2. The summed E-state index contributed by atoms with van der Waals surface area (Å²) < 4.78 is 1.75. The van der Waals surface area contributed by atoms with Crippen molar-refractivity contribution < 1.29 is 0 Å². The van der Waals surface area contributed by atoms with Crippen LogP contribution in [-0.4, -0.2) is 15.5 Å². The molecule has 1 aromatic heterocycles. The van der Waals surface area contributed by atoms with Gasteiger partial charge in [0.1, 0.15) is 5.15 Å². The number of nitrogens with zero attached hydrogens (tertiary/aromatic N) is 2. The first-order valence-electron chi connectivity index (χ1n) is 5.32. The first kappa shape index (κ1) is 12.3. The van der Waals surface area contributed by atoms with Crippen molar-refractivity contribution in [3.8, 4) is 5.69 Å². The van der Waals surface area contributed by atoms with Crippen LogP contribution in [-0.2, 0) is 0 Å². The predicted octanol–water partition coefficient (Wildman–Crippen LogP) is 3.78. The predicted molar refractivity (Wildman–Crippen MR) is 76.2 cm³/mol. The van der Waals surface area contributed by atoms with Gasteiger partial charge in [-0.25, -0.2) is 4.68 Å². The number of thiol groups is 1. The van der Waals surface area contributed by atoms with E-state index in [2.05, 4.69) is 17.7 Å². The number of aromatic nitrogens is 2. The van der Waals surface area contributed by atoms with Crippen LogP contribution in [0.4, 0.5) is 0 Å². The van der Waals surface area contributed by atoms with Gasteiger partial charge in [-0.05, 0) is 19.1 Å². The van der Waals surface area contributed by atoms with Gasteiger partial charge in [0.25, 0.3) is 0 Å². The molecule has 0 saturated heterocycles. The number of hydrogen-bond donors (Lipinski definition) is 1. The van der Waals surface area contributed by atoms with E-state index in [0.29, 0.717) is 10.9 Å². The Kier molecular flexibility index (Phi) is 3.92. The molecule has 0 aliphatic rings. The normalized spacial score (nSPS) is 11.2. The summed E-state index contributed by atoms with van der Waals surface area (Å²) in [6, 6.07) is 9.85. The van der Waals surface area contributed by atoms with Gasteiger partial charge in [-0.2, -0.15) is 17.7 Å². The molecule has 0 fully saturated rings. The molecule has 17 heavy (non-hydrogen) atoms. The molecular weight excluding hydrogens is 252 g/mol. The van der Waals surface area contributed by atoms with E-state index < -0.39 is 0 Å². The Bertz CT molecular complexity index is 532. The van der Waals surface area contributed by atoms with E-state index >= 15 is 0 Å². The molecule has 0 aliphatic heterocycles. The van der Waals surface area contributed by atoms with Crippen LogP contribution >= 0.6 is 24.2 Å². The van der Waals surface area contributed by atoms with Gasteiger partial charge in [0.05, 0.1) is 11.4 Å². The minimum absolute atomic E-state index is 0.631. The lowest BCUT2D eigenvalue weighted by Gasteiger charge is -2.01. The zero-order valence-corrected chi connectivity index (χ0v) is 11.1. The Morgan fingerprint density at radius 1 is 1.35 bits per heavy atom. The Morgan fingerprint density at radius 2 is 2.06 bits per heavy atom. The number of benzene rings is 1. The minimum Gasteiger partial charge on any atom is -0.221 e. The summed E-state index contributed by atoms with van der Waals surface area (Å²) in [5.41, 5.74) is 2.83. The fourth-order valence-corrected chi connectivity index (χ4v) is 2.05. The summed E-state index contributed by atoms with van der Waals surface area (Å²) >= 11 is 10.5. The standard InChI is InChI=1S/C13H13ClN2S/c1-10-12(8-5-9-17)13(14)16(15-10)11-6-3-2-4-7-11/h2-8,17H,9H2,1H3. The molecule has 88 valence electrons. The van der Waals surface area contributed by atoms with Crippen molar-refractivity contribution in [3.05, 3.63) is 52.8 Å². The van der Waals surface area contributed by atoms with Gasteiger partial charge in [-0.1, -0.05) is 42.0 Å². The highest BCUT2D eigenvalue weighted by atomic mass is 35.5. The Balaban J connectivity index is 2.48. The van der Waals surface area contributed by atoms with E-state index in [1.165, 1.54) is 0 Å². The Labute approximate surface area is 111 Å². The molecule has 0 bridgehead atoms. The molecule has 1 aromatic carbocycles. The van der Waals surface area contributed by atoms with E-state index in [1.807, 2.05) is 49.4 Å². The number of aryl methyl sites for hydroxylation is 1. The molecule has 0 unspecified atom stereocenters. The first-order chi connectivity index (χ1) is 8.24. The summed E-state index contributed by atoms with van der Waals surface area (Å²) in [6.07, 6.45) is 3.91. The fraction of sp³-hybridized carbons (Fsp3) is 0.154. The third-order valence-corrected chi connectivity index (χ3v) is 3.01. The molecule has 0 N–H and O–H groups in total. The van der Waals surface area contributed by atoms with Gasteiger partial charge in [0, 0.05) is 11.3 Å². The zero-order valence-electron chi connectivity index (χ0n) is 9.47. The van der Waals surface area contributed by atoms with Gasteiger partial charge in [0.2, 0.25) is 0 Å². The lowest BCUT2D eigenvalue weighted by atomic mass is 10.2. The Morgan fingerprint density at radius 3 is 2.71 bits per heavy atom. The second-order valence-electron chi connectivity index (χ2n) is 3.62. The monoisotopic (exact) mass is 264 g/mol. The lowest BCUT2D eigenvalue weighted by Crippen LogP contribution is -1.95. The van der Waals surface area contributed by atoms with Crippen molar-refractivity contribution in [1.82, 2.24) is 9.78 Å². The maximum atomic E-state index is 6.32. The largest absolute Gasteiger partial charge is 0.221 e. The molecule has 0 amide bonds. The average Bonchev–Trinajstić information content (AvgIpc) is 2.64. The van der Waals surface area contributed by atoms with Gasteiger partial charge >= 0.3 is 0 Å². The van der Waals surface area contributed by atoms with Crippen molar-refractivity contribution in [3.63, 3.8) is 0 Å². The van der Waals surface area contributed by atoms with Crippen LogP contribution in [0.25, 0.3) is 11.8 Å². The summed E-state index contributed by atoms with van der Waals surface area (Å²) in [5, 5.41) is 5.07. The number of rotatable bonds is 3. The number of halogens is 1. The van der Waals surface area contributed by atoms with Crippen LogP contribution in [0.5, 0.6) is 0 Å². The summed E-state index contributed by atoms with van der Waals surface area (Å²) in [7, 11) is 0. The molecule has 0 saturated carbocycles. The van der Waals surface area contributed by atoms with Gasteiger partial charge in [-0.15, -0.1) is 0 Å². The minimum atomic E-state index is 0.631. The number of para-hydroxylation sites is 1. The molecule has 0 radical (unpaired) electrons. The maximum Gasteiger partial charge on any atom is 0.140 e. The molecule has 2 nitrogen and oxygen atoms in total. The Hall–Kier alpha value is -1.19. The van der Waals surface area contributed by atoms with Crippen LogP contribution < -0.4 is 0 Å². The third-order valence-electron chi connectivity index (χ3n) is 2.44. The maximum absolute atomic E-state index is 6.32. The van der Waals surface area contributed by atoms with Gasteiger partial charge in [-0.3, -0.25) is 0 Å². The highest BCUT2D eigenvalue weighted by Gasteiger charge is 2.11. The van der Waals surface area contributed by atoms with Crippen LogP contribution in [0.2, 0.25) is 5.15 Å². The van der Waals surface area contributed by atoms with E-state index in [4.69, 9.17) is 11.6 Å². The quantitative estimate of drug-likeness (QED) is 0.836. The third kappa shape index (κ3) is 2.56. The van der Waals surface area contributed by atoms with E-state index in [1.54, 1.807) is 4.68 Å². The van der Waals surface area contributed by atoms with Gasteiger partial charge in [0.15, 0.2) is 0 Å². The molecule has 2 aromatic rings. The van der Waals surface area contributed by atoms with E-state index in [-0.39, 0.29) is 0 Å². The second kappa shape index (κ2) is 5.43. The smallest absolute Gasteiger partial charge is 0.140 e. The molecular formula is C13H13ClN2S.